The minimum Gasteiger partial charge on any atom is -0.548 e. The molecule has 2 amide bonds. The molecule has 1 aliphatic heterocycles. The maximum Gasteiger partial charge on any atom is 0.261 e. The number of nitrogens with zero attached hydrogens (tertiary/aromatic N) is 1. The van der Waals surface area contributed by atoms with E-state index >= 15 is 0 Å². The van der Waals surface area contributed by atoms with Gasteiger partial charge in [0.25, 0.3) is 11.8 Å². The summed E-state index contributed by atoms with van der Waals surface area (Å²) >= 11 is 0. The van der Waals surface area contributed by atoms with Gasteiger partial charge >= 0.3 is 0 Å². The van der Waals surface area contributed by atoms with Crippen LogP contribution in [0.4, 0.5) is 4.39 Å². The van der Waals surface area contributed by atoms with Crippen molar-refractivity contribution in [3.05, 3.63) is 83.4 Å². The predicted molar refractivity (Wildman–Crippen MR) is 99.5 cm³/mol. The van der Waals surface area contributed by atoms with Crippen LogP contribution in [0.3, 0.4) is 0 Å². The van der Waals surface area contributed by atoms with Gasteiger partial charge in [0, 0.05) is 11.1 Å². The summed E-state index contributed by atoms with van der Waals surface area (Å²) in [4.78, 5) is 36.9. The molecule has 0 unspecified atom stereocenters. The van der Waals surface area contributed by atoms with E-state index in [1.807, 2.05) is 0 Å². The smallest absolute Gasteiger partial charge is 0.261 e. The second kappa shape index (κ2) is 7.20. The molecule has 4 rings (SSSR count). The Morgan fingerprint density at radius 2 is 1.59 bits per heavy atom. The number of aliphatic carboxylic acids is 1. The van der Waals surface area contributed by atoms with Crippen LogP contribution in [-0.4, -0.2) is 29.2 Å². The van der Waals surface area contributed by atoms with Gasteiger partial charge in [0.15, 0.2) is 0 Å². The number of furan rings is 1. The Balaban J connectivity index is 1.79. The summed E-state index contributed by atoms with van der Waals surface area (Å²) in [6.07, 6.45) is 1.40. The zero-order valence-electron chi connectivity index (χ0n) is 14.9. The number of imide groups is 1. The van der Waals surface area contributed by atoms with Gasteiger partial charge in [-0.1, -0.05) is 30.3 Å². The SMILES string of the molecule is O=C([O-])CN1C(=O)C(=Cc2ccc(-c3ccccc3F)o2)c2ccccc2C1=O. The van der Waals surface area contributed by atoms with E-state index in [4.69, 9.17) is 4.42 Å². The highest BCUT2D eigenvalue weighted by molar-refractivity contribution is 6.34. The van der Waals surface area contributed by atoms with Crippen LogP contribution < -0.4 is 5.11 Å². The third-order valence-electron chi connectivity index (χ3n) is 4.51. The third kappa shape index (κ3) is 3.34. The van der Waals surface area contributed by atoms with Crippen LogP contribution in [0, 0.1) is 5.82 Å². The molecule has 0 saturated heterocycles. The average molecular weight is 390 g/mol. The number of hydrogen-bond donors (Lipinski definition) is 0. The van der Waals surface area contributed by atoms with E-state index in [1.54, 1.807) is 48.5 Å². The normalized spacial score (nSPS) is 14.9. The summed E-state index contributed by atoms with van der Waals surface area (Å²) in [5.74, 6) is -2.96. The Morgan fingerprint density at radius 1 is 0.931 bits per heavy atom. The van der Waals surface area contributed by atoms with Crippen LogP contribution in [0.5, 0.6) is 0 Å². The van der Waals surface area contributed by atoms with Crippen molar-refractivity contribution >= 4 is 29.4 Å². The van der Waals surface area contributed by atoms with E-state index in [0.29, 0.717) is 10.5 Å². The molecule has 0 bridgehead atoms. The molecule has 0 spiro atoms. The Labute approximate surface area is 164 Å². The minimum atomic E-state index is -1.55. The monoisotopic (exact) mass is 390 g/mol. The van der Waals surface area contributed by atoms with Crippen molar-refractivity contribution in [2.24, 2.45) is 0 Å². The van der Waals surface area contributed by atoms with Gasteiger partial charge in [-0.2, -0.15) is 0 Å². The number of hydrogen-bond acceptors (Lipinski definition) is 5. The van der Waals surface area contributed by atoms with E-state index in [-0.39, 0.29) is 28.2 Å². The van der Waals surface area contributed by atoms with Crippen LogP contribution >= 0.6 is 0 Å². The van der Waals surface area contributed by atoms with Gasteiger partial charge in [0.1, 0.15) is 17.3 Å². The molecule has 0 aliphatic carbocycles. The van der Waals surface area contributed by atoms with Crippen molar-refractivity contribution in [1.82, 2.24) is 4.90 Å². The number of carbonyl (C=O) groups excluding carboxylic acids is 3. The fourth-order valence-corrected chi connectivity index (χ4v) is 3.19. The van der Waals surface area contributed by atoms with Gasteiger partial charge in [-0.05, 0) is 36.4 Å². The lowest BCUT2D eigenvalue weighted by molar-refractivity contribution is -0.305. The van der Waals surface area contributed by atoms with E-state index < -0.39 is 30.1 Å². The van der Waals surface area contributed by atoms with Crippen LogP contribution in [0.2, 0.25) is 0 Å². The zero-order chi connectivity index (χ0) is 20.5. The molecule has 1 aromatic heterocycles. The van der Waals surface area contributed by atoms with Crippen molar-refractivity contribution in [1.29, 1.82) is 0 Å². The standard InChI is InChI=1S/C22H14FNO5/c23-18-8-4-3-7-16(18)19-10-9-13(29-19)11-17-14-5-1-2-6-15(14)21(27)24(22(17)28)12-20(25)26/h1-11H,12H2,(H,25,26)/p-1. The highest BCUT2D eigenvalue weighted by Gasteiger charge is 2.34. The third-order valence-corrected chi connectivity index (χ3v) is 4.51. The molecule has 0 fully saturated rings. The summed E-state index contributed by atoms with van der Waals surface area (Å²) in [6.45, 7) is -0.859. The number of carboxylic acid groups (broad SMARTS) is 1. The van der Waals surface area contributed by atoms with Gasteiger partial charge in [-0.25, -0.2) is 4.39 Å². The fraction of sp³-hybridized carbons (Fsp3) is 0.0455. The maximum absolute atomic E-state index is 14.0. The molecule has 1 aliphatic rings. The largest absolute Gasteiger partial charge is 0.548 e. The maximum atomic E-state index is 14.0. The lowest BCUT2D eigenvalue weighted by atomic mass is 9.93. The lowest BCUT2D eigenvalue weighted by Gasteiger charge is -2.28. The topological polar surface area (TPSA) is 90.7 Å². The highest BCUT2D eigenvalue weighted by atomic mass is 19.1. The molecule has 3 aromatic rings. The van der Waals surface area contributed by atoms with Crippen molar-refractivity contribution in [2.75, 3.05) is 6.54 Å². The molecule has 0 radical (unpaired) electrons. The quantitative estimate of drug-likeness (QED) is 0.504. The second-order valence-corrected chi connectivity index (χ2v) is 6.35. The summed E-state index contributed by atoms with van der Waals surface area (Å²) in [5, 5.41) is 11.0. The second-order valence-electron chi connectivity index (χ2n) is 6.35. The number of carboxylic acids is 1. The lowest BCUT2D eigenvalue weighted by Crippen LogP contribution is -2.47. The summed E-state index contributed by atoms with van der Waals surface area (Å²) in [7, 11) is 0. The Morgan fingerprint density at radius 3 is 2.28 bits per heavy atom. The predicted octanol–water partition coefficient (Wildman–Crippen LogP) is 2.36. The molecule has 0 atom stereocenters. The van der Waals surface area contributed by atoms with Gasteiger partial charge < -0.3 is 14.3 Å². The van der Waals surface area contributed by atoms with E-state index in [2.05, 4.69) is 0 Å². The number of rotatable bonds is 4. The van der Waals surface area contributed by atoms with Crippen molar-refractivity contribution in [2.45, 2.75) is 0 Å². The van der Waals surface area contributed by atoms with Gasteiger partial charge in [0.05, 0.1) is 23.7 Å². The van der Waals surface area contributed by atoms with E-state index in [0.717, 1.165) is 0 Å². The Kier molecular flexibility index (Phi) is 4.56. The molecule has 7 heteroatoms. The molecule has 144 valence electrons. The van der Waals surface area contributed by atoms with Crippen LogP contribution in [0.1, 0.15) is 21.7 Å². The van der Waals surface area contributed by atoms with Gasteiger partial charge in [0.2, 0.25) is 0 Å². The van der Waals surface area contributed by atoms with Gasteiger partial charge in [-0.3, -0.25) is 14.5 Å². The van der Waals surface area contributed by atoms with E-state index in [1.165, 1.54) is 18.2 Å². The highest BCUT2D eigenvalue weighted by Crippen LogP contribution is 2.32. The van der Waals surface area contributed by atoms with Crippen molar-refractivity contribution in [3.8, 4) is 11.3 Å². The molecule has 6 nitrogen and oxygen atoms in total. The molecular formula is C22H13FNO5-. The van der Waals surface area contributed by atoms with E-state index in [9.17, 15) is 23.9 Å². The molecule has 2 aromatic carbocycles. The first kappa shape index (κ1) is 18.4. The zero-order valence-corrected chi connectivity index (χ0v) is 14.9. The van der Waals surface area contributed by atoms with Crippen molar-refractivity contribution < 1.29 is 28.3 Å². The number of fused-ring (bicyclic) bond motifs is 1. The Bertz CT molecular complexity index is 1180. The molecule has 0 N–H and O–H groups in total. The van der Waals surface area contributed by atoms with Crippen LogP contribution in [0.25, 0.3) is 23.0 Å². The minimum absolute atomic E-state index is 0.0934. The number of amides is 2. The first-order valence-electron chi connectivity index (χ1n) is 8.67. The fourth-order valence-electron chi connectivity index (χ4n) is 3.19. The number of carbonyl (C=O) groups is 3. The van der Waals surface area contributed by atoms with Crippen molar-refractivity contribution in [3.63, 3.8) is 0 Å². The average Bonchev–Trinajstić information content (AvgIpc) is 3.17. The number of benzene rings is 2. The summed E-state index contributed by atoms with van der Waals surface area (Å²) in [5.41, 5.74) is 0.915. The molecular weight excluding hydrogens is 377 g/mol. The summed E-state index contributed by atoms with van der Waals surface area (Å²) < 4.78 is 19.6. The van der Waals surface area contributed by atoms with Gasteiger partial charge in [-0.15, -0.1) is 0 Å². The first-order chi connectivity index (χ1) is 14.0. The molecule has 2 heterocycles. The number of halogens is 1. The first-order valence-corrected chi connectivity index (χ1v) is 8.67. The molecule has 29 heavy (non-hydrogen) atoms. The van der Waals surface area contributed by atoms with Crippen LogP contribution in [-0.2, 0) is 9.59 Å². The van der Waals surface area contributed by atoms with Crippen LogP contribution in [0.15, 0.2) is 65.1 Å². The summed E-state index contributed by atoms with van der Waals surface area (Å²) in [6, 6.07) is 15.6. The Hall–Kier alpha value is -4.00. The molecule has 0 saturated carbocycles.